The van der Waals surface area contributed by atoms with Crippen LogP contribution in [0.4, 0.5) is 0 Å². The van der Waals surface area contributed by atoms with Crippen LogP contribution in [0.1, 0.15) is 24.0 Å². The third-order valence-corrected chi connectivity index (χ3v) is 3.71. The fourth-order valence-electron chi connectivity index (χ4n) is 2.53. The van der Waals surface area contributed by atoms with Crippen LogP contribution in [-0.2, 0) is 11.2 Å². The first-order chi connectivity index (χ1) is 10.3. The molecule has 1 fully saturated rings. The number of ether oxygens (including phenoxy) is 1. The number of hydrogen-bond acceptors (Lipinski definition) is 2. The Morgan fingerprint density at radius 3 is 2.38 bits per heavy atom. The third-order valence-electron chi connectivity index (χ3n) is 3.71. The molecule has 3 nitrogen and oxygen atoms in total. The zero-order valence-electron chi connectivity index (χ0n) is 11.9. The molecule has 0 aliphatic carbocycles. The molecule has 0 bridgehead atoms. The van der Waals surface area contributed by atoms with Gasteiger partial charge in [0.2, 0.25) is 5.91 Å². The summed E-state index contributed by atoms with van der Waals surface area (Å²) >= 11 is 0. The summed E-state index contributed by atoms with van der Waals surface area (Å²) in [6, 6.07) is 18.7. The summed E-state index contributed by atoms with van der Waals surface area (Å²) < 4.78 is 5.73. The van der Waals surface area contributed by atoms with Gasteiger partial charge < -0.3 is 10.1 Å². The molecule has 2 aromatic carbocycles. The van der Waals surface area contributed by atoms with Gasteiger partial charge in [-0.15, -0.1) is 0 Å². The van der Waals surface area contributed by atoms with E-state index < -0.39 is 0 Å². The highest BCUT2D eigenvalue weighted by atomic mass is 16.5. The second-order valence-electron chi connectivity index (χ2n) is 5.42. The molecule has 21 heavy (non-hydrogen) atoms. The fraction of sp³-hybridized carbons (Fsp3) is 0.278. The number of amides is 1. The lowest BCUT2D eigenvalue weighted by molar-refractivity contribution is -0.119. The quantitative estimate of drug-likeness (QED) is 0.915. The van der Waals surface area contributed by atoms with Crippen LogP contribution < -0.4 is 10.1 Å². The molecule has 1 amide bonds. The lowest BCUT2D eigenvalue weighted by atomic mass is 10.1. The number of nitrogens with one attached hydrogen (secondary N) is 1. The van der Waals surface area contributed by atoms with Crippen LogP contribution in [0.3, 0.4) is 0 Å². The number of hydrogen-bond donors (Lipinski definition) is 1. The summed E-state index contributed by atoms with van der Waals surface area (Å²) in [5, 5.41) is 2.90. The highest BCUT2D eigenvalue weighted by Crippen LogP contribution is 2.16. The van der Waals surface area contributed by atoms with Crippen molar-refractivity contribution in [2.75, 3.05) is 6.61 Å². The Morgan fingerprint density at radius 1 is 1.00 bits per heavy atom. The molecule has 0 saturated carbocycles. The summed E-state index contributed by atoms with van der Waals surface area (Å²) in [7, 11) is 0. The van der Waals surface area contributed by atoms with Crippen molar-refractivity contribution < 1.29 is 9.53 Å². The maximum absolute atomic E-state index is 11.1. The van der Waals surface area contributed by atoms with Crippen molar-refractivity contribution in [3.63, 3.8) is 0 Å². The number of benzene rings is 2. The van der Waals surface area contributed by atoms with Gasteiger partial charge in [0.15, 0.2) is 0 Å². The van der Waals surface area contributed by atoms with Crippen molar-refractivity contribution >= 4 is 5.91 Å². The SMILES string of the molecule is O=C1CCC(COc2ccc(Cc3ccccc3)cc2)N1. The van der Waals surface area contributed by atoms with Crippen LogP contribution in [-0.4, -0.2) is 18.6 Å². The standard InChI is InChI=1S/C18H19NO2/c20-18-11-8-16(19-18)13-21-17-9-6-15(7-10-17)12-14-4-2-1-3-5-14/h1-7,9-10,16H,8,11-13H2,(H,19,20). The molecule has 0 spiro atoms. The second kappa shape index (κ2) is 6.44. The second-order valence-corrected chi connectivity index (χ2v) is 5.42. The average molecular weight is 281 g/mol. The topological polar surface area (TPSA) is 38.3 Å². The normalized spacial score (nSPS) is 17.5. The van der Waals surface area contributed by atoms with E-state index in [1.165, 1.54) is 11.1 Å². The lowest BCUT2D eigenvalue weighted by Crippen LogP contribution is -2.30. The highest BCUT2D eigenvalue weighted by molar-refractivity contribution is 5.78. The Morgan fingerprint density at radius 2 is 1.71 bits per heavy atom. The molecule has 3 heteroatoms. The van der Waals surface area contributed by atoms with Crippen LogP contribution in [0, 0.1) is 0 Å². The minimum Gasteiger partial charge on any atom is -0.491 e. The van der Waals surface area contributed by atoms with Crippen LogP contribution in [0.15, 0.2) is 54.6 Å². The van der Waals surface area contributed by atoms with Gasteiger partial charge in [-0.05, 0) is 36.1 Å². The van der Waals surface area contributed by atoms with Gasteiger partial charge in [-0.3, -0.25) is 4.79 Å². The summed E-state index contributed by atoms with van der Waals surface area (Å²) in [5.41, 5.74) is 2.57. The maximum atomic E-state index is 11.1. The Hall–Kier alpha value is -2.29. The van der Waals surface area contributed by atoms with E-state index in [9.17, 15) is 4.79 Å². The van der Waals surface area contributed by atoms with E-state index >= 15 is 0 Å². The van der Waals surface area contributed by atoms with Crippen molar-refractivity contribution in [2.45, 2.75) is 25.3 Å². The Balaban J connectivity index is 1.53. The van der Waals surface area contributed by atoms with Gasteiger partial charge >= 0.3 is 0 Å². The van der Waals surface area contributed by atoms with E-state index in [1.54, 1.807) is 0 Å². The van der Waals surface area contributed by atoms with Gasteiger partial charge in [0.1, 0.15) is 12.4 Å². The zero-order valence-corrected chi connectivity index (χ0v) is 11.9. The average Bonchev–Trinajstić information content (AvgIpc) is 2.93. The smallest absolute Gasteiger partial charge is 0.220 e. The van der Waals surface area contributed by atoms with E-state index in [0.717, 1.165) is 18.6 Å². The molecule has 1 aliphatic heterocycles. The Labute approximate surface area is 124 Å². The number of carbonyl (C=O) groups is 1. The maximum Gasteiger partial charge on any atom is 0.220 e. The number of carbonyl (C=O) groups excluding carboxylic acids is 1. The van der Waals surface area contributed by atoms with Crippen LogP contribution >= 0.6 is 0 Å². The van der Waals surface area contributed by atoms with Gasteiger partial charge in [0.25, 0.3) is 0 Å². The largest absolute Gasteiger partial charge is 0.491 e. The molecular weight excluding hydrogens is 262 g/mol. The molecule has 1 N–H and O–H groups in total. The predicted octanol–water partition coefficient (Wildman–Crippen LogP) is 2.93. The third kappa shape index (κ3) is 3.85. The van der Waals surface area contributed by atoms with Gasteiger partial charge in [-0.25, -0.2) is 0 Å². The highest BCUT2D eigenvalue weighted by Gasteiger charge is 2.20. The van der Waals surface area contributed by atoms with Crippen molar-refractivity contribution in [1.29, 1.82) is 0 Å². The number of rotatable bonds is 5. The summed E-state index contributed by atoms with van der Waals surface area (Å²) in [6.07, 6.45) is 2.41. The zero-order chi connectivity index (χ0) is 14.5. The lowest BCUT2D eigenvalue weighted by Gasteiger charge is -2.12. The van der Waals surface area contributed by atoms with Gasteiger partial charge in [-0.2, -0.15) is 0 Å². The summed E-state index contributed by atoms with van der Waals surface area (Å²) in [5.74, 6) is 0.981. The molecule has 0 aromatic heterocycles. The van der Waals surface area contributed by atoms with Gasteiger partial charge in [0, 0.05) is 6.42 Å². The van der Waals surface area contributed by atoms with Crippen LogP contribution in [0.2, 0.25) is 0 Å². The Kier molecular flexibility index (Phi) is 4.20. The van der Waals surface area contributed by atoms with Gasteiger partial charge in [-0.1, -0.05) is 42.5 Å². The first kappa shape index (κ1) is 13.7. The summed E-state index contributed by atoms with van der Waals surface area (Å²) in [6.45, 7) is 0.545. The van der Waals surface area contributed by atoms with Crippen molar-refractivity contribution in [3.05, 3.63) is 65.7 Å². The van der Waals surface area contributed by atoms with E-state index in [0.29, 0.717) is 13.0 Å². The van der Waals surface area contributed by atoms with E-state index in [1.807, 2.05) is 18.2 Å². The van der Waals surface area contributed by atoms with Crippen molar-refractivity contribution in [1.82, 2.24) is 5.32 Å². The monoisotopic (exact) mass is 281 g/mol. The molecule has 1 saturated heterocycles. The predicted molar refractivity (Wildman–Crippen MR) is 82.3 cm³/mol. The molecule has 1 unspecified atom stereocenters. The van der Waals surface area contributed by atoms with E-state index in [2.05, 4.69) is 41.7 Å². The molecule has 2 aromatic rings. The molecule has 3 rings (SSSR count). The fourth-order valence-corrected chi connectivity index (χ4v) is 2.53. The molecule has 1 aliphatic rings. The first-order valence-corrected chi connectivity index (χ1v) is 7.34. The minimum absolute atomic E-state index is 0.127. The van der Waals surface area contributed by atoms with Gasteiger partial charge in [0.05, 0.1) is 6.04 Å². The summed E-state index contributed by atoms with van der Waals surface area (Å²) in [4.78, 5) is 11.1. The van der Waals surface area contributed by atoms with E-state index in [4.69, 9.17) is 4.74 Å². The van der Waals surface area contributed by atoms with Crippen molar-refractivity contribution in [2.24, 2.45) is 0 Å². The molecule has 1 atom stereocenters. The van der Waals surface area contributed by atoms with Crippen LogP contribution in [0.25, 0.3) is 0 Å². The molecule has 0 radical (unpaired) electrons. The molecule has 108 valence electrons. The minimum atomic E-state index is 0.127. The first-order valence-electron chi connectivity index (χ1n) is 7.34. The Bertz CT molecular complexity index is 592. The molecular formula is C18H19NO2. The molecule has 1 heterocycles. The van der Waals surface area contributed by atoms with Crippen molar-refractivity contribution in [3.8, 4) is 5.75 Å². The van der Waals surface area contributed by atoms with Crippen LogP contribution in [0.5, 0.6) is 5.75 Å². The van der Waals surface area contributed by atoms with E-state index in [-0.39, 0.29) is 11.9 Å².